The van der Waals surface area contributed by atoms with Gasteiger partial charge in [0.2, 0.25) is 5.91 Å². The van der Waals surface area contributed by atoms with Gasteiger partial charge in [0, 0.05) is 12.1 Å². The van der Waals surface area contributed by atoms with E-state index in [2.05, 4.69) is 10.6 Å². The van der Waals surface area contributed by atoms with Crippen molar-refractivity contribution in [2.75, 3.05) is 18.5 Å². The van der Waals surface area contributed by atoms with E-state index >= 15 is 0 Å². The second-order valence-corrected chi connectivity index (χ2v) is 6.09. The first-order valence-electron chi connectivity index (χ1n) is 9.03. The molecule has 0 aliphatic rings. The van der Waals surface area contributed by atoms with E-state index in [1.54, 1.807) is 24.3 Å². The Kier molecular flexibility index (Phi) is 8.14. The molecule has 0 spiro atoms. The van der Waals surface area contributed by atoms with Gasteiger partial charge in [-0.3, -0.25) is 14.4 Å². The molecule has 0 saturated carbocycles. The molecule has 0 fully saturated rings. The molecule has 0 aromatic heterocycles. The number of halogens is 1. The third-order valence-electron chi connectivity index (χ3n) is 4.04. The highest BCUT2D eigenvalue weighted by molar-refractivity contribution is 5.95. The zero-order valence-electron chi connectivity index (χ0n) is 15.7. The molecule has 0 heterocycles. The average molecular weight is 386 g/mol. The minimum atomic E-state index is -0.611. The van der Waals surface area contributed by atoms with E-state index in [9.17, 15) is 18.8 Å². The van der Waals surface area contributed by atoms with Crippen LogP contribution in [0.15, 0.2) is 48.5 Å². The molecule has 28 heavy (non-hydrogen) atoms. The Bertz CT molecular complexity index is 839. The van der Waals surface area contributed by atoms with Gasteiger partial charge in [-0.15, -0.1) is 0 Å². The molecule has 0 bridgehead atoms. The van der Waals surface area contributed by atoms with Crippen molar-refractivity contribution in [1.82, 2.24) is 5.32 Å². The zero-order chi connectivity index (χ0) is 20.4. The van der Waals surface area contributed by atoms with Gasteiger partial charge in [0.25, 0.3) is 5.91 Å². The van der Waals surface area contributed by atoms with Crippen LogP contribution in [0.3, 0.4) is 0 Å². The van der Waals surface area contributed by atoms with Gasteiger partial charge in [0.15, 0.2) is 6.61 Å². The molecule has 2 rings (SSSR count). The van der Waals surface area contributed by atoms with E-state index in [4.69, 9.17) is 4.74 Å². The molecule has 0 unspecified atom stereocenters. The van der Waals surface area contributed by atoms with Gasteiger partial charge in [-0.25, -0.2) is 4.39 Å². The summed E-state index contributed by atoms with van der Waals surface area (Å²) in [5.74, 6) is -1.96. The van der Waals surface area contributed by atoms with Crippen LogP contribution in [0.4, 0.5) is 10.1 Å². The molecule has 2 amide bonds. The van der Waals surface area contributed by atoms with Crippen LogP contribution in [0.25, 0.3) is 0 Å². The number of rotatable bonds is 9. The molecule has 6 nitrogen and oxygen atoms in total. The number of hydrogen-bond acceptors (Lipinski definition) is 4. The van der Waals surface area contributed by atoms with Crippen molar-refractivity contribution in [3.05, 3.63) is 65.5 Å². The second kappa shape index (κ2) is 10.8. The first-order valence-corrected chi connectivity index (χ1v) is 9.03. The molecule has 2 aromatic carbocycles. The maximum absolute atomic E-state index is 13.5. The molecule has 0 aliphatic carbocycles. The largest absolute Gasteiger partial charge is 0.456 e. The average Bonchev–Trinajstić information content (AvgIpc) is 2.70. The number of amides is 2. The zero-order valence-corrected chi connectivity index (χ0v) is 15.7. The molecule has 0 atom stereocenters. The van der Waals surface area contributed by atoms with E-state index in [0.29, 0.717) is 11.3 Å². The Morgan fingerprint density at radius 3 is 2.36 bits per heavy atom. The molecular weight excluding hydrogens is 363 g/mol. The normalized spacial score (nSPS) is 10.2. The Balaban J connectivity index is 1.67. The highest BCUT2D eigenvalue weighted by Crippen LogP contribution is 2.15. The lowest BCUT2D eigenvalue weighted by Gasteiger charge is -2.10. The number of esters is 1. The van der Waals surface area contributed by atoms with Crippen molar-refractivity contribution in [2.45, 2.75) is 26.2 Å². The lowest BCUT2D eigenvalue weighted by Crippen LogP contribution is -2.35. The highest BCUT2D eigenvalue weighted by atomic mass is 19.1. The number of carbonyl (C=O) groups is 3. The Labute approximate surface area is 163 Å². The fourth-order valence-electron chi connectivity index (χ4n) is 2.53. The Morgan fingerprint density at radius 2 is 1.64 bits per heavy atom. The van der Waals surface area contributed by atoms with Gasteiger partial charge in [-0.2, -0.15) is 0 Å². The number of nitrogens with one attached hydrogen (secondary N) is 2. The monoisotopic (exact) mass is 386 g/mol. The van der Waals surface area contributed by atoms with E-state index < -0.39 is 18.5 Å². The SMILES string of the molecule is CCc1ccccc1NC(=O)CNC(=O)COC(=O)CCc1ccccc1F. The minimum absolute atomic E-state index is 0.0392. The Morgan fingerprint density at radius 1 is 0.964 bits per heavy atom. The number of para-hydroxylation sites is 1. The van der Waals surface area contributed by atoms with Crippen molar-refractivity contribution in [3.63, 3.8) is 0 Å². The fraction of sp³-hybridized carbons (Fsp3) is 0.286. The number of carbonyl (C=O) groups excluding carboxylic acids is 3. The van der Waals surface area contributed by atoms with E-state index in [1.165, 1.54) is 6.07 Å². The van der Waals surface area contributed by atoms with Gasteiger partial charge in [-0.05, 0) is 36.1 Å². The van der Waals surface area contributed by atoms with Gasteiger partial charge >= 0.3 is 5.97 Å². The van der Waals surface area contributed by atoms with Crippen molar-refractivity contribution < 1.29 is 23.5 Å². The van der Waals surface area contributed by atoms with Crippen molar-refractivity contribution in [3.8, 4) is 0 Å². The van der Waals surface area contributed by atoms with E-state index in [-0.39, 0.29) is 31.1 Å². The second-order valence-electron chi connectivity index (χ2n) is 6.09. The maximum atomic E-state index is 13.5. The third kappa shape index (κ3) is 6.83. The van der Waals surface area contributed by atoms with Crippen LogP contribution < -0.4 is 10.6 Å². The summed E-state index contributed by atoms with van der Waals surface area (Å²) in [4.78, 5) is 35.4. The number of anilines is 1. The van der Waals surface area contributed by atoms with Gasteiger partial charge in [0.1, 0.15) is 5.82 Å². The number of hydrogen-bond donors (Lipinski definition) is 2. The molecule has 0 saturated heterocycles. The lowest BCUT2D eigenvalue weighted by molar-refractivity contribution is -0.148. The van der Waals surface area contributed by atoms with Crippen molar-refractivity contribution in [1.29, 1.82) is 0 Å². The van der Waals surface area contributed by atoms with Crippen LogP contribution >= 0.6 is 0 Å². The number of benzene rings is 2. The van der Waals surface area contributed by atoms with Gasteiger partial charge < -0.3 is 15.4 Å². The maximum Gasteiger partial charge on any atom is 0.306 e. The fourth-order valence-corrected chi connectivity index (χ4v) is 2.53. The number of aryl methyl sites for hydroxylation is 2. The summed E-state index contributed by atoms with van der Waals surface area (Å²) in [6.45, 7) is 1.26. The van der Waals surface area contributed by atoms with Crippen LogP contribution in [0.2, 0.25) is 0 Å². The van der Waals surface area contributed by atoms with Crippen LogP contribution in [0.5, 0.6) is 0 Å². The summed E-state index contributed by atoms with van der Waals surface area (Å²) in [5, 5.41) is 5.12. The first-order chi connectivity index (χ1) is 13.5. The molecule has 0 radical (unpaired) electrons. The number of ether oxygens (including phenoxy) is 1. The van der Waals surface area contributed by atoms with Gasteiger partial charge in [0.05, 0.1) is 6.54 Å². The molecule has 2 aromatic rings. The summed E-state index contributed by atoms with van der Waals surface area (Å²) < 4.78 is 18.3. The Hall–Kier alpha value is -3.22. The molecular formula is C21H23FN2O4. The van der Waals surface area contributed by atoms with E-state index in [1.807, 2.05) is 25.1 Å². The molecule has 148 valence electrons. The summed E-state index contributed by atoms with van der Waals surface area (Å²) in [6.07, 6.45) is 0.917. The standard InChI is InChI=1S/C21H23FN2O4/c1-2-15-7-4-6-10-18(15)24-19(25)13-23-20(26)14-28-21(27)12-11-16-8-3-5-9-17(16)22/h3-10H,2,11-14H2,1H3,(H,23,26)(H,24,25). The first kappa shape index (κ1) is 21.1. The van der Waals surface area contributed by atoms with Crippen LogP contribution in [0, 0.1) is 5.82 Å². The smallest absolute Gasteiger partial charge is 0.306 e. The van der Waals surface area contributed by atoms with Gasteiger partial charge in [-0.1, -0.05) is 43.3 Å². The quantitative estimate of drug-likeness (QED) is 0.649. The lowest BCUT2D eigenvalue weighted by atomic mass is 10.1. The van der Waals surface area contributed by atoms with Crippen LogP contribution in [-0.2, 0) is 32.0 Å². The van der Waals surface area contributed by atoms with Crippen molar-refractivity contribution in [2.24, 2.45) is 0 Å². The summed E-state index contributed by atoms with van der Waals surface area (Å²) in [6, 6.07) is 13.6. The van der Waals surface area contributed by atoms with Crippen LogP contribution in [0.1, 0.15) is 24.5 Å². The third-order valence-corrected chi connectivity index (χ3v) is 4.04. The molecule has 7 heteroatoms. The summed E-state index contributed by atoms with van der Waals surface area (Å²) in [7, 11) is 0. The topological polar surface area (TPSA) is 84.5 Å². The predicted molar refractivity (Wildman–Crippen MR) is 103 cm³/mol. The summed E-state index contributed by atoms with van der Waals surface area (Å²) in [5.41, 5.74) is 2.10. The van der Waals surface area contributed by atoms with Crippen LogP contribution in [-0.4, -0.2) is 30.9 Å². The highest BCUT2D eigenvalue weighted by Gasteiger charge is 2.11. The molecule has 0 aliphatic heterocycles. The van der Waals surface area contributed by atoms with Crippen molar-refractivity contribution >= 4 is 23.5 Å². The van der Waals surface area contributed by atoms with E-state index in [0.717, 1.165) is 12.0 Å². The molecule has 2 N–H and O–H groups in total. The minimum Gasteiger partial charge on any atom is -0.456 e. The predicted octanol–water partition coefficient (Wildman–Crippen LogP) is 2.62. The summed E-state index contributed by atoms with van der Waals surface area (Å²) >= 11 is 0.